The third kappa shape index (κ3) is 2.53. The third-order valence-electron chi connectivity index (χ3n) is 2.99. The van der Waals surface area contributed by atoms with Gasteiger partial charge in [-0.2, -0.15) is 0 Å². The number of carbonyl (C=O) groups is 2. The fraction of sp³-hybridized carbons (Fsp3) is 0.500. The summed E-state index contributed by atoms with van der Waals surface area (Å²) in [5.41, 5.74) is 0.479. The summed E-state index contributed by atoms with van der Waals surface area (Å²) >= 11 is 0. The summed E-state index contributed by atoms with van der Waals surface area (Å²) in [5, 5.41) is 8.84. The average molecular weight is 253 g/mol. The van der Waals surface area contributed by atoms with Gasteiger partial charge in [-0.15, -0.1) is 0 Å². The first-order valence-corrected chi connectivity index (χ1v) is 5.74. The number of amides is 1. The highest BCUT2D eigenvalue weighted by Gasteiger charge is 2.30. The summed E-state index contributed by atoms with van der Waals surface area (Å²) in [7, 11) is 0. The van der Waals surface area contributed by atoms with Crippen molar-refractivity contribution >= 4 is 11.9 Å². The van der Waals surface area contributed by atoms with Crippen LogP contribution in [0.2, 0.25) is 0 Å². The van der Waals surface area contributed by atoms with E-state index in [4.69, 9.17) is 14.3 Å². The van der Waals surface area contributed by atoms with E-state index < -0.39 is 12.0 Å². The predicted molar refractivity (Wildman–Crippen MR) is 61.3 cm³/mol. The summed E-state index contributed by atoms with van der Waals surface area (Å²) in [6.07, 6.45) is 1.35. The van der Waals surface area contributed by atoms with E-state index in [-0.39, 0.29) is 18.9 Å². The van der Waals surface area contributed by atoms with Gasteiger partial charge in [0.25, 0.3) is 5.91 Å². The van der Waals surface area contributed by atoms with Crippen molar-refractivity contribution in [3.63, 3.8) is 0 Å². The Morgan fingerprint density at radius 1 is 1.56 bits per heavy atom. The number of carbonyl (C=O) groups excluding carboxylic acids is 1. The molecule has 0 aliphatic carbocycles. The van der Waals surface area contributed by atoms with E-state index in [0.717, 1.165) is 0 Å². The Labute approximate surface area is 104 Å². The Bertz CT molecular complexity index is 453. The largest absolute Gasteiger partial charge is 0.481 e. The van der Waals surface area contributed by atoms with Gasteiger partial charge in [0.2, 0.25) is 0 Å². The number of aliphatic carboxylic acids is 1. The summed E-state index contributed by atoms with van der Waals surface area (Å²) < 4.78 is 10.3. The van der Waals surface area contributed by atoms with Gasteiger partial charge in [-0.05, 0) is 13.0 Å². The van der Waals surface area contributed by atoms with E-state index in [1.165, 1.54) is 6.26 Å². The Morgan fingerprint density at radius 2 is 2.33 bits per heavy atom. The molecule has 1 aliphatic rings. The molecule has 1 aromatic heterocycles. The van der Waals surface area contributed by atoms with Crippen LogP contribution in [-0.2, 0) is 9.53 Å². The molecule has 1 aliphatic heterocycles. The van der Waals surface area contributed by atoms with Crippen LogP contribution in [0.3, 0.4) is 0 Å². The second-order valence-corrected chi connectivity index (χ2v) is 4.22. The van der Waals surface area contributed by atoms with Crippen molar-refractivity contribution in [2.24, 2.45) is 0 Å². The van der Waals surface area contributed by atoms with Crippen molar-refractivity contribution in [2.45, 2.75) is 19.4 Å². The molecule has 0 spiro atoms. The molecular formula is C12H15NO5. The number of carboxylic acid groups (broad SMARTS) is 1. The van der Waals surface area contributed by atoms with Crippen molar-refractivity contribution in [3.05, 3.63) is 23.7 Å². The van der Waals surface area contributed by atoms with Gasteiger partial charge in [0.1, 0.15) is 5.76 Å². The first kappa shape index (κ1) is 12.6. The summed E-state index contributed by atoms with van der Waals surface area (Å²) in [4.78, 5) is 24.6. The highest BCUT2D eigenvalue weighted by molar-refractivity contribution is 5.95. The highest BCUT2D eigenvalue weighted by atomic mass is 16.5. The molecule has 1 amide bonds. The van der Waals surface area contributed by atoms with Gasteiger partial charge in [-0.1, -0.05) is 0 Å². The van der Waals surface area contributed by atoms with Gasteiger partial charge in [-0.25, -0.2) is 0 Å². The zero-order valence-corrected chi connectivity index (χ0v) is 10.1. The summed E-state index contributed by atoms with van der Waals surface area (Å²) in [6.45, 7) is 2.80. The van der Waals surface area contributed by atoms with Crippen LogP contribution in [-0.4, -0.2) is 47.7 Å². The van der Waals surface area contributed by atoms with Crippen molar-refractivity contribution in [2.75, 3.05) is 19.8 Å². The maximum Gasteiger partial charge on any atom is 0.305 e. The van der Waals surface area contributed by atoms with Crippen LogP contribution in [0, 0.1) is 6.92 Å². The number of furan rings is 1. The molecule has 6 nitrogen and oxygen atoms in total. The first-order chi connectivity index (χ1) is 8.59. The van der Waals surface area contributed by atoms with Crippen LogP contribution in [0.1, 0.15) is 22.5 Å². The number of carboxylic acids is 1. The van der Waals surface area contributed by atoms with E-state index in [1.54, 1.807) is 17.9 Å². The maximum absolute atomic E-state index is 12.3. The van der Waals surface area contributed by atoms with Gasteiger partial charge in [0.15, 0.2) is 0 Å². The minimum Gasteiger partial charge on any atom is -0.481 e. The standard InChI is InChI=1S/C12H15NO5/c1-8-10(2-4-18-8)12(16)13-3-5-17-7-9(13)6-11(14)15/h2,4,9H,3,5-7H2,1H3,(H,14,15). The van der Waals surface area contributed by atoms with Gasteiger partial charge < -0.3 is 19.2 Å². The fourth-order valence-corrected chi connectivity index (χ4v) is 2.05. The molecule has 1 atom stereocenters. The van der Waals surface area contributed by atoms with Crippen LogP contribution in [0.4, 0.5) is 0 Å². The normalized spacial score (nSPS) is 19.8. The molecule has 2 rings (SSSR count). The minimum atomic E-state index is -0.938. The molecule has 98 valence electrons. The molecule has 1 aromatic rings. The molecule has 0 radical (unpaired) electrons. The Kier molecular flexibility index (Phi) is 3.66. The Morgan fingerprint density at radius 3 is 2.94 bits per heavy atom. The number of morpholine rings is 1. The lowest BCUT2D eigenvalue weighted by molar-refractivity contribution is -0.139. The van der Waals surface area contributed by atoms with Crippen LogP contribution < -0.4 is 0 Å². The molecule has 0 saturated carbocycles. The quantitative estimate of drug-likeness (QED) is 0.865. The second-order valence-electron chi connectivity index (χ2n) is 4.22. The van der Waals surface area contributed by atoms with Gasteiger partial charge in [0.05, 0.1) is 37.5 Å². The van der Waals surface area contributed by atoms with Crippen molar-refractivity contribution in [1.82, 2.24) is 4.90 Å². The molecule has 18 heavy (non-hydrogen) atoms. The van der Waals surface area contributed by atoms with Crippen molar-refractivity contribution < 1.29 is 23.8 Å². The lowest BCUT2D eigenvalue weighted by Crippen LogP contribution is -2.49. The second kappa shape index (κ2) is 5.22. The van der Waals surface area contributed by atoms with Gasteiger partial charge in [0, 0.05) is 6.54 Å². The number of hydrogen-bond acceptors (Lipinski definition) is 4. The van der Waals surface area contributed by atoms with Crippen LogP contribution in [0.25, 0.3) is 0 Å². The SMILES string of the molecule is Cc1occc1C(=O)N1CCOCC1CC(=O)O. The maximum atomic E-state index is 12.3. The fourth-order valence-electron chi connectivity index (χ4n) is 2.05. The number of rotatable bonds is 3. The predicted octanol–water partition coefficient (Wildman–Crippen LogP) is 0.904. The molecule has 6 heteroatoms. The Hall–Kier alpha value is -1.82. The minimum absolute atomic E-state index is 0.108. The molecule has 1 saturated heterocycles. The van der Waals surface area contributed by atoms with Crippen LogP contribution in [0.5, 0.6) is 0 Å². The summed E-state index contributed by atoms with van der Waals surface area (Å²) in [5.74, 6) is -0.594. The molecule has 2 heterocycles. The average Bonchev–Trinajstić information content (AvgIpc) is 2.74. The number of aryl methyl sites for hydroxylation is 1. The smallest absolute Gasteiger partial charge is 0.305 e. The lowest BCUT2D eigenvalue weighted by atomic mass is 10.1. The molecular weight excluding hydrogens is 238 g/mol. The van der Waals surface area contributed by atoms with E-state index in [0.29, 0.717) is 24.5 Å². The third-order valence-corrected chi connectivity index (χ3v) is 2.99. The van der Waals surface area contributed by atoms with E-state index in [2.05, 4.69) is 0 Å². The van der Waals surface area contributed by atoms with Crippen LogP contribution in [0.15, 0.2) is 16.7 Å². The summed E-state index contributed by atoms with van der Waals surface area (Å²) in [6, 6.07) is 1.18. The number of hydrogen-bond donors (Lipinski definition) is 1. The molecule has 0 bridgehead atoms. The van der Waals surface area contributed by atoms with Crippen LogP contribution >= 0.6 is 0 Å². The Balaban J connectivity index is 2.16. The van der Waals surface area contributed by atoms with Crippen molar-refractivity contribution in [1.29, 1.82) is 0 Å². The van der Waals surface area contributed by atoms with Gasteiger partial charge in [-0.3, -0.25) is 9.59 Å². The zero-order valence-electron chi connectivity index (χ0n) is 10.1. The van der Waals surface area contributed by atoms with Crippen molar-refractivity contribution in [3.8, 4) is 0 Å². The molecule has 1 N–H and O–H groups in total. The lowest BCUT2D eigenvalue weighted by Gasteiger charge is -2.34. The topological polar surface area (TPSA) is 80.0 Å². The zero-order chi connectivity index (χ0) is 13.1. The van der Waals surface area contributed by atoms with E-state index in [9.17, 15) is 9.59 Å². The first-order valence-electron chi connectivity index (χ1n) is 5.74. The number of ether oxygens (including phenoxy) is 1. The number of nitrogens with zero attached hydrogens (tertiary/aromatic N) is 1. The molecule has 1 unspecified atom stereocenters. The van der Waals surface area contributed by atoms with E-state index >= 15 is 0 Å². The molecule has 1 fully saturated rings. The van der Waals surface area contributed by atoms with E-state index in [1.807, 2.05) is 0 Å². The monoisotopic (exact) mass is 253 g/mol. The van der Waals surface area contributed by atoms with Gasteiger partial charge >= 0.3 is 5.97 Å². The molecule has 0 aromatic carbocycles. The highest BCUT2D eigenvalue weighted by Crippen LogP contribution is 2.18.